The third kappa shape index (κ3) is 3.55. The van der Waals surface area contributed by atoms with Crippen molar-refractivity contribution in [3.63, 3.8) is 0 Å². The summed E-state index contributed by atoms with van der Waals surface area (Å²) in [5, 5.41) is 0.924. The van der Waals surface area contributed by atoms with E-state index in [2.05, 4.69) is 31.7 Å². The van der Waals surface area contributed by atoms with Crippen LogP contribution in [0.4, 0.5) is 0 Å². The first-order valence-electron chi connectivity index (χ1n) is 6.59. The number of rotatable bonds is 2. The van der Waals surface area contributed by atoms with Gasteiger partial charge in [-0.3, -0.25) is 0 Å². The van der Waals surface area contributed by atoms with Gasteiger partial charge in [-0.1, -0.05) is 19.9 Å². The monoisotopic (exact) mass is 224 g/mol. The highest BCUT2D eigenvalue weighted by atomic mass is 32.2. The Labute approximate surface area is 98.9 Å². The van der Waals surface area contributed by atoms with Gasteiger partial charge in [-0.25, -0.2) is 0 Å². The molecule has 2 aliphatic rings. The Hall–Kier alpha value is 0.0900. The molecule has 0 bridgehead atoms. The van der Waals surface area contributed by atoms with Crippen molar-refractivity contribution >= 4 is 11.8 Å². The quantitative estimate of drug-likeness (QED) is 0.636. The van der Waals surface area contributed by atoms with E-state index in [1.807, 2.05) is 0 Å². The second-order valence-corrected chi connectivity index (χ2v) is 7.00. The molecule has 3 atom stereocenters. The van der Waals surface area contributed by atoms with Crippen LogP contribution >= 0.6 is 11.8 Å². The molecular formula is C14H24S. The minimum atomic E-state index is 0.924. The van der Waals surface area contributed by atoms with Crippen LogP contribution in [-0.2, 0) is 0 Å². The number of allylic oxidation sites excluding steroid dienone is 2. The van der Waals surface area contributed by atoms with Gasteiger partial charge >= 0.3 is 0 Å². The fraction of sp³-hybridized carbons (Fsp3) is 0.857. The third-order valence-electron chi connectivity index (χ3n) is 3.70. The van der Waals surface area contributed by atoms with Gasteiger partial charge in [-0.05, 0) is 61.7 Å². The lowest BCUT2D eigenvalue weighted by molar-refractivity contribution is 0.309. The Bertz CT molecular complexity index is 221. The van der Waals surface area contributed by atoms with E-state index >= 15 is 0 Å². The molecule has 1 saturated carbocycles. The maximum atomic E-state index is 2.50. The van der Waals surface area contributed by atoms with Gasteiger partial charge in [0.25, 0.3) is 0 Å². The van der Waals surface area contributed by atoms with Crippen LogP contribution in [0.3, 0.4) is 0 Å². The fourth-order valence-corrected chi connectivity index (χ4v) is 4.85. The first kappa shape index (κ1) is 11.6. The maximum absolute atomic E-state index is 2.50. The van der Waals surface area contributed by atoms with E-state index in [9.17, 15) is 0 Å². The van der Waals surface area contributed by atoms with Crippen molar-refractivity contribution < 1.29 is 0 Å². The lowest BCUT2D eigenvalue weighted by Crippen LogP contribution is -2.21. The van der Waals surface area contributed by atoms with Crippen LogP contribution in [-0.4, -0.2) is 5.25 Å². The van der Waals surface area contributed by atoms with Gasteiger partial charge in [-0.2, -0.15) is 0 Å². The van der Waals surface area contributed by atoms with E-state index in [-0.39, 0.29) is 0 Å². The van der Waals surface area contributed by atoms with Crippen molar-refractivity contribution in [1.82, 2.24) is 0 Å². The third-order valence-corrected chi connectivity index (χ3v) is 5.09. The molecule has 0 aromatic carbocycles. The van der Waals surface area contributed by atoms with E-state index < -0.39 is 0 Å². The van der Waals surface area contributed by atoms with Crippen LogP contribution in [0.25, 0.3) is 0 Å². The molecule has 0 radical (unpaired) electrons. The molecule has 0 nitrogen and oxygen atoms in total. The molecule has 0 saturated heterocycles. The lowest BCUT2D eigenvalue weighted by atomic mass is 9.83. The molecule has 0 aromatic rings. The summed E-state index contributed by atoms with van der Waals surface area (Å²) in [7, 11) is 0. The van der Waals surface area contributed by atoms with Gasteiger partial charge in [-0.15, -0.1) is 11.8 Å². The van der Waals surface area contributed by atoms with E-state index in [0.717, 1.165) is 17.1 Å². The summed E-state index contributed by atoms with van der Waals surface area (Å²) in [6.07, 6.45) is 12.4. The minimum absolute atomic E-state index is 0.924. The molecular weight excluding hydrogens is 200 g/mol. The molecule has 0 spiro atoms. The molecule has 1 fully saturated rings. The highest BCUT2D eigenvalue weighted by Crippen LogP contribution is 2.40. The van der Waals surface area contributed by atoms with Gasteiger partial charge in [0.2, 0.25) is 0 Å². The molecule has 0 amide bonds. The van der Waals surface area contributed by atoms with Crippen molar-refractivity contribution in [2.24, 2.45) is 11.8 Å². The average Bonchev–Trinajstić information content (AvgIpc) is 2.17. The molecule has 1 heteroatoms. The van der Waals surface area contributed by atoms with Crippen molar-refractivity contribution in [2.75, 3.05) is 0 Å². The van der Waals surface area contributed by atoms with Crippen LogP contribution in [0, 0.1) is 11.8 Å². The molecule has 0 aromatic heterocycles. The maximum Gasteiger partial charge on any atom is 0.00961 e. The van der Waals surface area contributed by atoms with E-state index in [0.29, 0.717) is 0 Å². The predicted octanol–water partition coefficient (Wildman–Crippen LogP) is 5.00. The van der Waals surface area contributed by atoms with Crippen LogP contribution in [0.15, 0.2) is 11.0 Å². The highest BCUT2D eigenvalue weighted by Gasteiger charge is 2.25. The Balaban J connectivity index is 1.85. The summed E-state index contributed by atoms with van der Waals surface area (Å²) in [5.74, 6) is 1.91. The summed E-state index contributed by atoms with van der Waals surface area (Å²) >= 11 is 2.21. The SMILES string of the molecule is CC1CC(SC2=CCCCC2)C[C@@H](C)C1. The van der Waals surface area contributed by atoms with E-state index in [4.69, 9.17) is 0 Å². The molecule has 0 heterocycles. The summed E-state index contributed by atoms with van der Waals surface area (Å²) in [5.41, 5.74) is 0. The van der Waals surface area contributed by atoms with Gasteiger partial charge in [0.05, 0.1) is 0 Å². The first-order valence-corrected chi connectivity index (χ1v) is 7.47. The lowest BCUT2D eigenvalue weighted by Gasteiger charge is -2.32. The Morgan fingerprint density at radius 3 is 2.40 bits per heavy atom. The van der Waals surface area contributed by atoms with Crippen molar-refractivity contribution in [3.05, 3.63) is 11.0 Å². The Morgan fingerprint density at radius 2 is 1.80 bits per heavy atom. The molecule has 0 N–H and O–H groups in total. The molecule has 86 valence electrons. The van der Waals surface area contributed by atoms with Crippen LogP contribution in [0.1, 0.15) is 58.8 Å². The van der Waals surface area contributed by atoms with Crippen molar-refractivity contribution in [1.29, 1.82) is 0 Å². The summed E-state index contributed by atoms with van der Waals surface area (Å²) in [6, 6.07) is 0. The van der Waals surface area contributed by atoms with Gasteiger partial charge in [0, 0.05) is 5.25 Å². The van der Waals surface area contributed by atoms with Gasteiger partial charge in [0.15, 0.2) is 0 Å². The number of thioether (sulfide) groups is 1. The Kier molecular flexibility index (Phi) is 4.19. The zero-order valence-corrected chi connectivity index (χ0v) is 11.0. The van der Waals surface area contributed by atoms with Crippen LogP contribution in [0.5, 0.6) is 0 Å². The molecule has 2 rings (SSSR count). The fourth-order valence-electron chi connectivity index (χ4n) is 3.10. The number of hydrogen-bond donors (Lipinski definition) is 0. The summed E-state index contributed by atoms with van der Waals surface area (Å²) in [6.45, 7) is 4.86. The van der Waals surface area contributed by atoms with Crippen LogP contribution in [0.2, 0.25) is 0 Å². The smallest absolute Gasteiger partial charge is 0.00961 e. The van der Waals surface area contributed by atoms with Crippen molar-refractivity contribution in [3.8, 4) is 0 Å². The highest BCUT2D eigenvalue weighted by molar-refractivity contribution is 8.03. The largest absolute Gasteiger partial charge is 0.128 e. The average molecular weight is 224 g/mol. The second kappa shape index (κ2) is 5.43. The number of hydrogen-bond acceptors (Lipinski definition) is 1. The van der Waals surface area contributed by atoms with E-state index in [1.54, 1.807) is 4.91 Å². The molecule has 2 aliphatic carbocycles. The van der Waals surface area contributed by atoms with Gasteiger partial charge < -0.3 is 0 Å². The molecule has 15 heavy (non-hydrogen) atoms. The van der Waals surface area contributed by atoms with Crippen LogP contribution < -0.4 is 0 Å². The van der Waals surface area contributed by atoms with Crippen molar-refractivity contribution in [2.45, 2.75) is 64.0 Å². The normalized spacial score (nSPS) is 37.5. The standard InChI is InChI=1S/C14H24S/c1-11-8-12(2)10-14(9-11)15-13-6-4-3-5-7-13/h6,11-12,14H,3-5,7-10H2,1-2H3/t11-,12?,14?/m0/s1. The topological polar surface area (TPSA) is 0 Å². The first-order chi connectivity index (χ1) is 7.24. The Morgan fingerprint density at radius 1 is 1.07 bits per heavy atom. The van der Waals surface area contributed by atoms with Gasteiger partial charge in [0.1, 0.15) is 0 Å². The predicted molar refractivity (Wildman–Crippen MR) is 70.1 cm³/mol. The second-order valence-electron chi connectivity index (χ2n) is 5.57. The minimum Gasteiger partial charge on any atom is -0.128 e. The summed E-state index contributed by atoms with van der Waals surface area (Å²) < 4.78 is 0. The zero-order valence-electron chi connectivity index (χ0n) is 10.2. The molecule has 0 aliphatic heterocycles. The zero-order chi connectivity index (χ0) is 10.7. The summed E-state index contributed by atoms with van der Waals surface area (Å²) in [4.78, 5) is 1.70. The van der Waals surface area contributed by atoms with E-state index in [1.165, 1.54) is 44.9 Å². The molecule has 2 unspecified atom stereocenters.